The zero-order valence-electron chi connectivity index (χ0n) is 11.6. The average molecular weight is 319 g/mol. The Morgan fingerprint density at radius 2 is 2.00 bits per heavy atom. The monoisotopic (exact) mass is 318 g/mol. The van der Waals surface area contributed by atoms with E-state index in [1.807, 2.05) is 24.3 Å². The third-order valence-electron chi connectivity index (χ3n) is 3.75. The fourth-order valence-corrected chi connectivity index (χ4v) is 4.10. The number of halogens is 1. The number of thioether (sulfide) groups is 1. The van der Waals surface area contributed by atoms with Crippen LogP contribution in [0.5, 0.6) is 0 Å². The lowest BCUT2D eigenvalue weighted by Gasteiger charge is -2.26. The first-order valence-corrected chi connectivity index (χ1v) is 8.16. The van der Waals surface area contributed by atoms with Gasteiger partial charge in [-0.25, -0.2) is 4.79 Å². The van der Waals surface area contributed by atoms with Crippen molar-refractivity contribution in [1.82, 2.24) is 0 Å². The molecule has 0 radical (unpaired) electrons. The molecule has 1 aliphatic heterocycles. The van der Waals surface area contributed by atoms with Gasteiger partial charge in [0.1, 0.15) is 0 Å². The fraction of sp³-hybridized carbons (Fsp3) is 0.235. The molecule has 0 saturated carbocycles. The van der Waals surface area contributed by atoms with E-state index in [1.54, 1.807) is 11.8 Å². The van der Waals surface area contributed by atoms with Crippen molar-refractivity contribution in [3.8, 4) is 0 Å². The number of ether oxygens (including phenoxy) is 1. The van der Waals surface area contributed by atoms with Crippen molar-refractivity contribution in [2.24, 2.45) is 0 Å². The molecular formula is C17H15ClO2S. The maximum absolute atomic E-state index is 11.9. The molecular weight excluding hydrogens is 304 g/mol. The van der Waals surface area contributed by atoms with Crippen LogP contribution in [0.3, 0.4) is 0 Å². The summed E-state index contributed by atoms with van der Waals surface area (Å²) in [4.78, 5) is 13.0. The molecule has 4 heteroatoms. The third kappa shape index (κ3) is 2.81. The summed E-state index contributed by atoms with van der Waals surface area (Å²) in [7, 11) is 1.42. The molecule has 0 fully saturated rings. The Kier molecular flexibility index (Phi) is 4.22. The van der Waals surface area contributed by atoms with Crippen LogP contribution in [0.1, 0.15) is 33.8 Å². The SMILES string of the molecule is COC(=O)c1cccc2c1SCCC2c1ccc(Cl)cc1. The van der Waals surface area contributed by atoms with Gasteiger partial charge < -0.3 is 4.74 Å². The molecule has 1 unspecified atom stereocenters. The van der Waals surface area contributed by atoms with E-state index in [1.165, 1.54) is 18.2 Å². The zero-order chi connectivity index (χ0) is 14.8. The van der Waals surface area contributed by atoms with Gasteiger partial charge in [0, 0.05) is 15.8 Å². The smallest absolute Gasteiger partial charge is 0.339 e. The number of hydrogen-bond donors (Lipinski definition) is 0. The van der Waals surface area contributed by atoms with E-state index in [0.29, 0.717) is 11.5 Å². The summed E-state index contributed by atoms with van der Waals surface area (Å²) in [6.07, 6.45) is 1.06. The maximum Gasteiger partial charge on any atom is 0.339 e. The van der Waals surface area contributed by atoms with Crippen molar-refractivity contribution in [2.75, 3.05) is 12.9 Å². The summed E-state index contributed by atoms with van der Waals surface area (Å²) >= 11 is 7.70. The summed E-state index contributed by atoms with van der Waals surface area (Å²) in [5, 5.41) is 0.743. The van der Waals surface area contributed by atoms with Gasteiger partial charge in [0.15, 0.2) is 0 Å². The Bertz CT molecular complexity index is 667. The molecule has 2 nitrogen and oxygen atoms in total. The minimum absolute atomic E-state index is 0.267. The number of hydrogen-bond acceptors (Lipinski definition) is 3. The Morgan fingerprint density at radius 3 is 2.71 bits per heavy atom. The topological polar surface area (TPSA) is 26.3 Å². The van der Waals surface area contributed by atoms with Crippen LogP contribution in [0.15, 0.2) is 47.4 Å². The van der Waals surface area contributed by atoms with E-state index in [0.717, 1.165) is 22.1 Å². The molecule has 2 aromatic rings. The summed E-state index contributed by atoms with van der Waals surface area (Å²) in [6.45, 7) is 0. The lowest BCUT2D eigenvalue weighted by molar-refractivity contribution is 0.0596. The van der Waals surface area contributed by atoms with Gasteiger partial charge in [-0.1, -0.05) is 35.9 Å². The Labute approximate surface area is 133 Å². The third-order valence-corrected chi connectivity index (χ3v) is 5.19. The molecule has 0 aromatic heterocycles. The normalized spacial score (nSPS) is 17.1. The van der Waals surface area contributed by atoms with Gasteiger partial charge in [-0.15, -0.1) is 11.8 Å². The number of benzene rings is 2. The second-order valence-corrected chi connectivity index (χ2v) is 6.50. The molecule has 2 aromatic carbocycles. The summed E-state index contributed by atoms with van der Waals surface area (Å²) in [6, 6.07) is 13.8. The summed E-state index contributed by atoms with van der Waals surface area (Å²) < 4.78 is 4.89. The molecule has 0 amide bonds. The molecule has 0 bridgehead atoms. The molecule has 0 saturated heterocycles. The van der Waals surface area contributed by atoms with Crippen molar-refractivity contribution < 1.29 is 9.53 Å². The van der Waals surface area contributed by atoms with Crippen LogP contribution in [0, 0.1) is 0 Å². The fourth-order valence-electron chi connectivity index (χ4n) is 2.74. The predicted octanol–water partition coefficient (Wildman–Crippen LogP) is 4.75. The van der Waals surface area contributed by atoms with Crippen LogP contribution in [0.2, 0.25) is 5.02 Å². The molecule has 1 atom stereocenters. The highest BCUT2D eigenvalue weighted by Crippen LogP contribution is 2.43. The van der Waals surface area contributed by atoms with Gasteiger partial charge in [0.05, 0.1) is 12.7 Å². The molecule has 0 spiro atoms. The van der Waals surface area contributed by atoms with Gasteiger partial charge in [-0.3, -0.25) is 0 Å². The minimum atomic E-state index is -0.267. The molecule has 0 aliphatic carbocycles. The van der Waals surface area contributed by atoms with Crippen molar-refractivity contribution >= 4 is 29.3 Å². The molecule has 1 heterocycles. The number of rotatable bonds is 2. The second kappa shape index (κ2) is 6.12. The molecule has 3 rings (SSSR count). The maximum atomic E-state index is 11.9. The van der Waals surface area contributed by atoms with E-state index in [9.17, 15) is 4.79 Å². The standard InChI is InChI=1S/C17H15ClO2S/c1-20-17(19)15-4-2-3-14-13(9-10-21-16(14)15)11-5-7-12(18)8-6-11/h2-8,13H,9-10H2,1H3. The van der Waals surface area contributed by atoms with Crippen LogP contribution in [-0.4, -0.2) is 18.8 Å². The number of carbonyl (C=O) groups excluding carboxylic acids is 1. The van der Waals surface area contributed by atoms with Gasteiger partial charge >= 0.3 is 5.97 Å². The number of carbonyl (C=O) groups is 1. The molecule has 0 N–H and O–H groups in total. The van der Waals surface area contributed by atoms with Crippen LogP contribution in [-0.2, 0) is 4.74 Å². The molecule has 1 aliphatic rings. The highest BCUT2D eigenvalue weighted by Gasteiger charge is 2.26. The van der Waals surface area contributed by atoms with E-state index >= 15 is 0 Å². The van der Waals surface area contributed by atoms with Crippen molar-refractivity contribution in [3.63, 3.8) is 0 Å². The minimum Gasteiger partial charge on any atom is -0.465 e. The van der Waals surface area contributed by atoms with Crippen LogP contribution >= 0.6 is 23.4 Å². The highest BCUT2D eigenvalue weighted by atomic mass is 35.5. The van der Waals surface area contributed by atoms with Crippen LogP contribution < -0.4 is 0 Å². The van der Waals surface area contributed by atoms with Gasteiger partial charge in [0.2, 0.25) is 0 Å². The quantitative estimate of drug-likeness (QED) is 0.747. The highest BCUT2D eigenvalue weighted by molar-refractivity contribution is 7.99. The van der Waals surface area contributed by atoms with Crippen LogP contribution in [0.4, 0.5) is 0 Å². The van der Waals surface area contributed by atoms with Crippen molar-refractivity contribution in [3.05, 3.63) is 64.2 Å². The van der Waals surface area contributed by atoms with Gasteiger partial charge in [-0.05, 0) is 41.5 Å². The average Bonchev–Trinajstić information content (AvgIpc) is 2.54. The zero-order valence-corrected chi connectivity index (χ0v) is 13.2. The first-order valence-electron chi connectivity index (χ1n) is 6.80. The predicted molar refractivity (Wildman–Crippen MR) is 86.4 cm³/mol. The second-order valence-electron chi connectivity index (χ2n) is 4.96. The Morgan fingerprint density at radius 1 is 1.24 bits per heavy atom. The first-order chi connectivity index (χ1) is 10.2. The summed E-state index contributed by atoms with van der Waals surface area (Å²) in [5.74, 6) is 1.04. The largest absolute Gasteiger partial charge is 0.465 e. The van der Waals surface area contributed by atoms with Crippen LogP contribution in [0.25, 0.3) is 0 Å². The Hall–Kier alpha value is -1.45. The molecule has 108 valence electrons. The van der Waals surface area contributed by atoms with Gasteiger partial charge in [0.25, 0.3) is 0 Å². The Balaban J connectivity index is 2.06. The summed E-state index contributed by atoms with van der Waals surface area (Å²) in [5.41, 5.74) is 3.11. The lowest BCUT2D eigenvalue weighted by atomic mass is 9.88. The van der Waals surface area contributed by atoms with E-state index in [-0.39, 0.29) is 5.97 Å². The number of fused-ring (bicyclic) bond motifs is 1. The van der Waals surface area contributed by atoms with Gasteiger partial charge in [-0.2, -0.15) is 0 Å². The number of esters is 1. The lowest BCUT2D eigenvalue weighted by Crippen LogP contribution is -2.13. The molecule has 21 heavy (non-hydrogen) atoms. The van der Waals surface area contributed by atoms with E-state index in [4.69, 9.17) is 16.3 Å². The first kappa shape index (κ1) is 14.5. The van der Waals surface area contributed by atoms with E-state index in [2.05, 4.69) is 18.2 Å². The van der Waals surface area contributed by atoms with Crippen molar-refractivity contribution in [1.29, 1.82) is 0 Å². The number of methoxy groups -OCH3 is 1. The van der Waals surface area contributed by atoms with Crippen molar-refractivity contribution in [2.45, 2.75) is 17.2 Å². The van der Waals surface area contributed by atoms with E-state index < -0.39 is 0 Å².